The largest absolute Gasteiger partial charge is 0.461 e. The maximum Gasteiger partial charge on any atom is 0.377 e. The first kappa shape index (κ1) is 16.6. The lowest BCUT2D eigenvalue weighted by Gasteiger charge is -2.35. The van der Waals surface area contributed by atoms with Gasteiger partial charge in [-0.3, -0.25) is 4.79 Å². The normalized spacial score (nSPS) is 19.5. The Labute approximate surface area is 135 Å². The minimum atomic E-state index is -1.70. The molecule has 0 spiro atoms. The van der Waals surface area contributed by atoms with Crippen molar-refractivity contribution in [2.24, 2.45) is 0 Å². The van der Waals surface area contributed by atoms with Crippen LogP contribution in [0.4, 0.5) is 5.69 Å². The van der Waals surface area contributed by atoms with Gasteiger partial charge in [-0.05, 0) is 36.8 Å². The van der Waals surface area contributed by atoms with Crippen LogP contribution in [0.25, 0.3) is 5.57 Å². The van der Waals surface area contributed by atoms with Gasteiger partial charge in [-0.1, -0.05) is 19.1 Å². The zero-order valence-electron chi connectivity index (χ0n) is 13.2. The molecule has 0 aromatic heterocycles. The molecule has 0 radical (unpaired) electrons. The van der Waals surface area contributed by atoms with Gasteiger partial charge >= 0.3 is 11.7 Å². The van der Waals surface area contributed by atoms with Crippen LogP contribution in [0.2, 0.25) is 0 Å². The summed E-state index contributed by atoms with van der Waals surface area (Å²) in [5.41, 5.74) is 5.79. The first-order valence-corrected chi connectivity index (χ1v) is 7.42. The number of hydrogen-bond acceptors (Lipinski definition) is 5. The monoisotopic (exact) mass is 316 g/mol. The van der Waals surface area contributed by atoms with Crippen LogP contribution in [-0.4, -0.2) is 24.2 Å². The van der Waals surface area contributed by atoms with E-state index >= 15 is 0 Å². The second kappa shape index (κ2) is 7.00. The number of benzene rings is 1. The molecule has 6 nitrogen and oxygen atoms in total. The number of nitrogen functional groups attached to an aromatic ring is 1. The Bertz CT molecular complexity index is 649. The van der Waals surface area contributed by atoms with Gasteiger partial charge in [0.15, 0.2) is 0 Å². The van der Waals surface area contributed by atoms with Gasteiger partial charge in [-0.2, -0.15) is 0 Å². The van der Waals surface area contributed by atoms with Crippen LogP contribution in [0.1, 0.15) is 25.8 Å². The van der Waals surface area contributed by atoms with E-state index in [1.807, 2.05) is 0 Å². The van der Waals surface area contributed by atoms with Crippen molar-refractivity contribution >= 4 is 23.1 Å². The van der Waals surface area contributed by atoms with E-state index in [0.29, 0.717) is 16.8 Å². The van der Waals surface area contributed by atoms with E-state index in [9.17, 15) is 9.59 Å². The molecule has 1 aromatic carbocycles. The fraction of sp³-hybridized carbons (Fsp3) is 0.294. The molecule has 1 aliphatic heterocycles. The van der Waals surface area contributed by atoms with Crippen LogP contribution >= 0.6 is 0 Å². The quantitative estimate of drug-likeness (QED) is 0.640. The second-order valence-corrected chi connectivity index (χ2v) is 4.95. The Morgan fingerprint density at radius 2 is 1.96 bits per heavy atom. The van der Waals surface area contributed by atoms with Crippen LogP contribution in [0.15, 0.2) is 42.7 Å². The number of nitrogens with one attached hydrogen (secondary N) is 1. The van der Waals surface area contributed by atoms with Gasteiger partial charge in [0, 0.05) is 17.7 Å². The molecule has 1 aromatic rings. The number of rotatable bonds is 5. The minimum Gasteiger partial charge on any atom is -0.461 e. The van der Waals surface area contributed by atoms with Gasteiger partial charge in [0.25, 0.3) is 0 Å². The molecule has 3 N–H and O–H groups in total. The highest BCUT2D eigenvalue weighted by atomic mass is 16.6. The Hall–Kier alpha value is -2.76. The number of allylic oxidation sites excluding steroid dienone is 2. The molecule has 6 heteroatoms. The van der Waals surface area contributed by atoms with E-state index in [1.165, 1.54) is 6.26 Å². The zero-order chi connectivity index (χ0) is 16.9. The number of carbonyl (C=O) groups is 2. The highest BCUT2D eigenvalue weighted by Gasteiger charge is 2.48. The van der Waals surface area contributed by atoms with Crippen LogP contribution in [0, 0.1) is 0 Å². The molecule has 1 aliphatic rings. The van der Waals surface area contributed by atoms with Crippen molar-refractivity contribution < 1.29 is 19.1 Å². The average Bonchev–Trinajstić information content (AvgIpc) is 2.56. The van der Waals surface area contributed by atoms with E-state index in [-0.39, 0.29) is 18.9 Å². The molecule has 23 heavy (non-hydrogen) atoms. The SMILES string of the molecule is CCOC(=O)[C@]1(NC(=O)CC)OC=CC=C1c1ccc(N)cc1. The van der Waals surface area contributed by atoms with Crippen LogP contribution < -0.4 is 11.1 Å². The highest BCUT2D eigenvalue weighted by molar-refractivity contribution is 6.00. The third-order valence-electron chi connectivity index (χ3n) is 3.39. The van der Waals surface area contributed by atoms with Gasteiger partial charge in [0.1, 0.15) is 0 Å². The van der Waals surface area contributed by atoms with Crippen molar-refractivity contribution in [3.8, 4) is 0 Å². The predicted molar refractivity (Wildman–Crippen MR) is 86.9 cm³/mol. The van der Waals surface area contributed by atoms with Crippen molar-refractivity contribution in [3.05, 3.63) is 48.2 Å². The van der Waals surface area contributed by atoms with E-state index in [0.717, 1.165) is 0 Å². The summed E-state index contributed by atoms with van der Waals surface area (Å²) < 4.78 is 10.7. The fourth-order valence-electron chi connectivity index (χ4n) is 2.24. The van der Waals surface area contributed by atoms with Crippen molar-refractivity contribution in [3.63, 3.8) is 0 Å². The molecular formula is C17H20N2O4. The highest BCUT2D eigenvalue weighted by Crippen LogP contribution is 2.33. The van der Waals surface area contributed by atoms with Crippen LogP contribution in [0.3, 0.4) is 0 Å². The summed E-state index contributed by atoms with van der Waals surface area (Å²) in [5.74, 6) is -0.996. The van der Waals surface area contributed by atoms with Crippen molar-refractivity contribution in [1.82, 2.24) is 5.32 Å². The fourth-order valence-corrected chi connectivity index (χ4v) is 2.24. The Kier molecular flexibility index (Phi) is 5.05. The van der Waals surface area contributed by atoms with Crippen LogP contribution in [-0.2, 0) is 19.1 Å². The lowest BCUT2D eigenvalue weighted by Crippen LogP contribution is -2.57. The Balaban J connectivity index is 2.51. The van der Waals surface area contributed by atoms with Gasteiger partial charge in [0.05, 0.1) is 12.9 Å². The van der Waals surface area contributed by atoms with Crippen molar-refractivity contribution in [2.45, 2.75) is 26.0 Å². The van der Waals surface area contributed by atoms with Gasteiger partial charge in [-0.25, -0.2) is 4.79 Å². The molecule has 1 atom stereocenters. The molecule has 2 rings (SSSR count). The average molecular weight is 316 g/mol. The number of ether oxygens (including phenoxy) is 2. The maximum absolute atomic E-state index is 12.6. The summed E-state index contributed by atoms with van der Waals surface area (Å²) in [6.45, 7) is 3.56. The first-order chi connectivity index (χ1) is 11.0. The molecule has 0 fully saturated rings. The first-order valence-electron chi connectivity index (χ1n) is 7.42. The second-order valence-electron chi connectivity index (χ2n) is 4.95. The number of nitrogens with two attached hydrogens (primary N) is 1. The predicted octanol–water partition coefficient (Wildman–Crippen LogP) is 1.98. The lowest BCUT2D eigenvalue weighted by atomic mass is 9.92. The summed E-state index contributed by atoms with van der Waals surface area (Å²) >= 11 is 0. The van der Waals surface area contributed by atoms with E-state index < -0.39 is 11.7 Å². The maximum atomic E-state index is 12.6. The molecule has 0 unspecified atom stereocenters. The number of hydrogen-bond donors (Lipinski definition) is 2. The number of anilines is 1. The molecule has 0 aliphatic carbocycles. The number of esters is 1. The third kappa shape index (κ3) is 3.36. The standard InChI is InChI=1S/C17H20N2O4/c1-3-15(20)19-17(16(21)22-4-2)14(6-5-11-23-17)12-7-9-13(18)10-8-12/h5-11H,3-4,18H2,1-2H3,(H,19,20)/t17-/m1/s1. The van der Waals surface area contributed by atoms with E-state index in [2.05, 4.69) is 5.32 Å². The molecular weight excluding hydrogens is 296 g/mol. The van der Waals surface area contributed by atoms with Gasteiger partial charge in [0.2, 0.25) is 5.91 Å². The molecule has 0 saturated carbocycles. The van der Waals surface area contributed by atoms with E-state index in [1.54, 1.807) is 50.3 Å². The van der Waals surface area contributed by atoms with Crippen LogP contribution in [0.5, 0.6) is 0 Å². The van der Waals surface area contributed by atoms with Gasteiger partial charge in [-0.15, -0.1) is 0 Å². The summed E-state index contributed by atoms with van der Waals surface area (Å²) in [7, 11) is 0. The molecule has 122 valence electrons. The topological polar surface area (TPSA) is 90.6 Å². The minimum absolute atomic E-state index is 0.171. The Morgan fingerprint density at radius 3 is 2.57 bits per heavy atom. The summed E-state index contributed by atoms with van der Waals surface area (Å²) in [6, 6.07) is 6.95. The number of carbonyl (C=O) groups excluding carboxylic acids is 2. The smallest absolute Gasteiger partial charge is 0.377 e. The molecule has 0 saturated heterocycles. The Morgan fingerprint density at radius 1 is 1.26 bits per heavy atom. The molecule has 1 heterocycles. The van der Waals surface area contributed by atoms with Gasteiger partial charge < -0.3 is 20.5 Å². The van der Waals surface area contributed by atoms with Crippen molar-refractivity contribution in [1.29, 1.82) is 0 Å². The summed E-state index contributed by atoms with van der Waals surface area (Å²) in [5, 5.41) is 2.64. The third-order valence-corrected chi connectivity index (χ3v) is 3.39. The molecule has 0 bridgehead atoms. The molecule has 1 amide bonds. The lowest BCUT2D eigenvalue weighted by molar-refractivity contribution is -0.165. The summed E-state index contributed by atoms with van der Waals surface area (Å²) in [4.78, 5) is 24.5. The zero-order valence-corrected chi connectivity index (χ0v) is 13.2. The van der Waals surface area contributed by atoms with Crippen molar-refractivity contribution in [2.75, 3.05) is 12.3 Å². The van der Waals surface area contributed by atoms with E-state index in [4.69, 9.17) is 15.2 Å². The summed E-state index contributed by atoms with van der Waals surface area (Å²) in [6.07, 6.45) is 4.93. The number of amides is 1.